The Hall–Kier alpha value is -1.06. The van der Waals surface area contributed by atoms with Gasteiger partial charge in [0.15, 0.2) is 0 Å². The second-order valence-corrected chi connectivity index (χ2v) is 5.66. The number of benzene rings is 1. The van der Waals surface area contributed by atoms with Gasteiger partial charge in [-0.05, 0) is 37.2 Å². The molecule has 0 saturated carbocycles. The quantitative estimate of drug-likeness (QED) is 0.932. The molecule has 20 heavy (non-hydrogen) atoms. The van der Waals surface area contributed by atoms with E-state index < -0.39 is 6.04 Å². The number of likely N-dealkylation sites (tertiary alicyclic amines) is 1. The average Bonchev–Trinajstić information content (AvgIpc) is 2.64. The first-order chi connectivity index (χ1) is 9.16. The van der Waals surface area contributed by atoms with Crippen molar-refractivity contribution in [2.45, 2.75) is 38.6 Å². The number of nitrogens with zero attached hydrogens (tertiary/aromatic N) is 1. The number of hydrogen-bond donors (Lipinski definition) is 1. The summed E-state index contributed by atoms with van der Waals surface area (Å²) in [5, 5.41) is 0. The Morgan fingerprint density at radius 2 is 2.00 bits per heavy atom. The van der Waals surface area contributed by atoms with E-state index in [1.54, 1.807) is 0 Å². The van der Waals surface area contributed by atoms with Crippen LogP contribution in [0.15, 0.2) is 30.3 Å². The van der Waals surface area contributed by atoms with Gasteiger partial charge in [0.2, 0.25) is 5.91 Å². The molecule has 0 radical (unpaired) electrons. The zero-order chi connectivity index (χ0) is 13.7. The van der Waals surface area contributed by atoms with Crippen LogP contribution in [0, 0.1) is 5.92 Å². The van der Waals surface area contributed by atoms with E-state index in [-0.39, 0.29) is 18.3 Å². The molecule has 0 aromatic heterocycles. The highest BCUT2D eigenvalue weighted by molar-refractivity contribution is 5.85. The maximum absolute atomic E-state index is 12.4. The molecule has 1 fully saturated rings. The van der Waals surface area contributed by atoms with Gasteiger partial charge in [0, 0.05) is 13.1 Å². The van der Waals surface area contributed by atoms with Crippen molar-refractivity contribution in [3.63, 3.8) is 0 Å². The van der Waals surface area contributed by atoms with Gasteiger partial charge in [0.1, 0.15) is 0 Å². The summed E-state index contributed by atoms with van der Waals surface area (Å²) in [6, 6.07) is 9.60. The average molecular weight is 297 g/mol. The monoisotopic (exact) mass is 296 g/mol. The van der Waals surface area contributed by atoms with E-state index in [1.165, 1.54) is 6.42 Å². The number of carbonyl (C=O) groups is 1. The van der Waals surface area contributed by atoms with Gasteiger partial charge in [-0.25, -0.2) is 0 Å². The van der Waals surface area contributed by atoms with Gasteiger partial charge in [0.25, 0.3) is 0 Å². The molecule has 4 heteroatoms. The van der Waals surface area contributed by atoms with Crippen LogP contribution in [0.3, 0.4) is 0 Å². The van der Waals surface area contributed by atoms with Gasteiger partial charge >= 0.3 is 0 Å². The number of nitrogens with two attached hydrogens (primary N) is 1. The highest BCUT2D eigenvalue weighted by atomic mass is 35.5. The fraction of sp³-hybridized carbons (Fsp3) is 0.562. The largest absolute Gasteiger partial charge is 0.341 e. The summed E-state index contributed by atoms with van der Waals surface area (Å²) in [5.41, 5.74) is 7.21. The summed E-state index contributed by atoms with van der Waals surface area (Å²) in [6.45, 7) is 3.99. The Labute approximate surface area is 127 Å². The molecule has 1 unspecified atom stereocenters. The lowest BCUT2D eigenvalue weighted by atomic mass is 10.0. The van der Waals surface area contributed by atoms with Crippen LogP contribution in [0.1, 0.15) is 31.7 Å². The Balaban J connectivity index is 0.00000200. The standard InChI is InChI=1S/C16H24N2O.ClH/c1-13-6-5-10-18(11-9-13)16(19)15(17)12-14-7-3-2-4-8-14;/h2-4,7-8,13,15H,5-6,9-12,17H2,1H3;1H/t13?,15-;/m0./s1. The van der Waals surface area contributed by atoms with Crippen molar-refractivity contribution < 1.29 is 4.79 Å². The minimum Gasteiger partial charge on any atom is -0.341 e. The lowest BCUT2D eigenvalue weighted by molar-refractivity contribution is -0.132. The van der Waals surface area contributed by atoms with Crippen molar-refractivity contribution in [3.05, 3.63) is 35.9 Å². The van der Waals surface area contributed by atoms with Gasteiger partial charge in [-0.3, -0.25) is 4.79 Å². The third-order valence-corrected chi connectivity index (χ3v) is 3.94. The third kappa shape index (κ3) is 4.80. The van der Waals surface area contributed by atoms with Crippen molar-refractivity contribution >= 4 is 18.3 Å². The number of rotatable bonds is 3. The maximum Gasteiger partial charge on any atom is 0.239 e. The van der Waals surface area contributed by atoms with E-state index in [0.717, 1.165) is 37.4 Å². The van der Waals surface area contributed by atoms with Gasteiger partial charge < -0.3 is 10.6 Å². The summed E-state index contributed by atoms with van der Waals surface area (Å²) in [5.74, 6) is 0.834. The molecule has 0 spiro atoms. The normalized spacial score (nSPS) is 20.7. The molecule has 1 aromatic rings. The van der Waals surface area contributed by atoms with Crippen molar-refractivity contribution in [1.82, 2.24) is 4.90 Å². The first-order valence-corrected chi connectivity index (χ1v) is 7.25. The summed E-state index contributed by atoms with van der Waals surface area (Å²) in [7, 11) is 0. The molecule has 1 heterocycles. The highest BCUT2D eigenvalue weighted by Gasteiger charge is 2.23. The molecule has 1 aromatic carbocycles. The summed E-state index contributed by atoms with van der Waals surface area (Å²) in [6.07, 6.45) is 4.05. The molecule has 2 N–H and O–H groups in total. The Morgan fingerprint density at radius 1 is 1.30 bits per heavy atom. The lowest BCUT2D eigenvalue weighted by Gasteiger charge is -2.24. The summed E-state index contributed by atoms with van der Waals surface area (Å²) >= 11 is 0. The molecule has 1 amide bonds. The second kappa shape index (κ2) is 8.28. The van der Waals surface area contributed by atoms with E-state index in [9.17, 15) is 4.79 Å². The molecule has 1 saturated heterocycles. The molecular weight excluding hydrogens is 272 g/mol. The van der Waals surface area contributed by atoms with Crippen LogP contribution in [-0.4, -0.2) is 29.9 Å². The van der Waals surface area contributed by atoms with E-state index >= 15 is 0 Å². The van der Waals surface area contributed by atoms with E-state index in [2.05, 4.69) is 6.92 Å². The molecule has 0 aliphatic carbocycles. The minimum atomic E-state index is -0.407. The van der Waals surface area contributed by atoms with Crippen molar-refractivity contribution in [2.24, 2.45) is 11.7 Å². The first-order valence-electron chi connectivity index (χ1n) is 7.25. The number of carbonyl (C=O) groups excluding carboxylic acids is 1. The summed E-state index contributed by atoms with van der Waals surface area (Å²) < 4.78 is 0. The van der Waals surface area contributed by atoms with Crippen molar-refractivity contribution in [2.75, 3.05) is 13.1 Å². The zero-order valence-corrected chi connectivity index (χ0v) is 12.9. The number of hydrogen-bond acceptors (Lipinski definition) is 2. The topological polar surface area (TPSA) is 46.3 Å². The molecule has 2 rings (SSSR count). The fourth-order valence-corrected chi connectivity index (χ4v) is 2.67. The third-order valence-electron chi connectivity index (χ3n) is 3.94. The predicted molar refractivity (Wildman–Crippen MR) is 85.0 cm³/mol. The molecule has 112 valence electrons. The van der Waals surface area contributed by atoms with Gasteiger partial charge in [-0.15, -0.1) is 12.4 Å². The molecule has 1 aliphatic heterocycles. The molecular formula is C16H25ClN2O. The van der Waals surface area contributed by atoms with Gasteiger partial charge in [-0.1, -0.05) is 37.3 Å². The molecule has 3 nitrogen and oxygen atoms in total. The minimum absolute atomic E-state index is 0. The van der Waals surface area contributed by atoms with Crippen molar-refractivity contribution in [3.8, 4) is 0 Å². The van der Waals surface area contributed by atoms with E-state index in [4.69, 9.17) is 5.73 Å². The zero-order valence-electron chi connectivity index (χ0n) is 12.1. The van der Waals surface area contributed by atoms with Gasteiger partial charge in [0.05, 0.1) is 6.04 Å². The predicted octanol–water partition coefficient (Wildman–Crippen LogP) is 2.63. The smallest absolute Gasteiger partial charge is 0.239 e. The Bertz CT molecular complexity index is 410. The van der Waals surface area contributed by atoms with E-state index in [1.807, 2.05) is 35.2 Å². The summed E-state index contributed by atoms with van der Waals surface area (Å²) in [4.78, 5) is 14.3. The molecule has 2 atom stereocenters. The van der Waals surface area contributed by atoms with Crippen LogP contribution in [0.25, 0.3) is 0 Å². The Morgan fingerprint density at radius 3 is 2.70 bits per heavy atom. The van der Waals surface area contributed by atoms with Crippen LogP contribution in [0.2, 0.25) is 0 Å². The van der Waals surface area contributed by atoms with Crippen LogP contribution in [-0.2, 0) is 11.2 Å². The van der Waals surface area contributed by atoms with E-state index in [0.29, 0.717) is 6.42 Å². The highest BCUT2D eigenvalue weighted by Crippen LogP contribution is 2.17. The first kappa shape index (κ1) is 17.0. The maximum atomic E-state index is 12.4. The second-order valence-electron chi connectivity index (χ2n) is 5.66. The fourth-order valence-electron chi connectivity index (χ4n) is 2.67. The van der Waals surface area contributed by atoms with Crippen molar-refractivity contribution in [1.29, 1.82) is 0 Å². The Kier molecular flexibility index (Phi) is 7.03. The number of amides is 1. The van der Waals surface area contributed by atoms with Crippen LogP contribution >= 0.6 is 12.4 Å². The van der Waals surface area contributed by atoms with Crippen LogP contribution in [0.4, 0.5) is 0 Å². The lowest BCUT2D eigenvalue weighted by Crippen LogP contribution is -2.45. The van der Waals surface area contributed by atoms with Crippen LogP contribution in [0.5, 0.6) is 0 Å². The SMILES string of the molecule is CC1CCCN(C(=O)[C@@H](N)Cc2ccccc2)CC1.Cl. The number of halogens is 1. The van der Waals surface area contributed by atoms with Crippen LogP contribution < -0.4 is 5.73 Å². The van der Waals surface area contributed by atoms with Gasteiger partial charge in [-0.2, -0.15) is 0 Å². The molecule has 1 aliphatic rings. The molecule has 0 bridgehead atoms.